The van der Waals surface area contributed by atoms with E-state index in [0.717, 1.165) is 19.5 Å². The average molecular weight is 286 g/mol. The van der Waals surface area contributed by atoms with Crippen LogP contribution in [0.5, 0.6) is 0 Å². The number of rotatable bonds is 1. The third-order valence-electron chi connectivity index (χ3n) is 3.38. The third kappa shape index (κ3) is 2.58. The zero-order valence-electron chi connectivity index (χ0n) is 10.8. The summed E-state index contributed by atoms with van der Waals surface area (Å²) in [6.07, 6.45) is 2.40. The molecule has 102 valence electrons. The van der Waals surface area contributed by atoms with Crippen molar-refractivity contribution < 1.29 is 9.21 Å². The van der Waals surface area contributed by atoms with Gasteiger partial charge in [0.05, 0.1) is 6.26 Å². The number of nitrogens with zero attached hydrogens (tertiary/aromatic N) is 1. The molecule has 0 saturated carbocycles. The summed E-state index contributed by atoms with van der Waals surface area (Å²) in [5, 5.41) is 3.15. The molecular weight excluding hydrogens is 272 g/mol. The lowest BCUT2D eigenvalue weighted by atomic mass is 10.0. The van der Waals surface area contributed by atoms with Gasteiger partial charge in [0.1, 0.15) is 0 Å². The molecule has 3 rings (SSSR count). The van der Waals surface area contributed by atoms with Crippen molar-refractivity contribution in [3.8, 4) is 0 Å². The lowest BCUT2D eigenvalue weighted by molar-refractivity contribution is 0.0945. The van der Waals surface area contributed by atoms with Crippen molar-refractivity contribution in [3.63, 3.8) is 0 Å². The fraction of sp³-hybridized carbons (Fsp3) is 0.200. The van der Waals surface area contributed by atoms with Gasteiger partial charge in [-0.3, -0.25) is 10.1 Å². The number of furan rings is 1. The van der Waals surface area contributed by atoms with Crippen LogP contribution in [0.3, 0.4) is 0 Å². The van der Waals surface area contributed by atoms with Crippen LogP contribution in [0.2, 0.25) is 0 Å². The molecule has 1 aromatic carbocycles. The highest BCUT2D eigenvalue weighted by Gasteiger charge is 2.20. The Kier molecular flexibility index (Phi) is 3.52. The second-order valence-corrected chi connectivity index (χ2v) is 5.06. The molecule has 0 bridgehead atoms. The molecule has 4 nitrogen and oxygen atoms in total. The Labute approximate surface area is 122 Å². The van der Waals surface area contributed by atoms with Gasteiger partial charge >= 0.3 is 0 Å². The molecule has 20 heavy (non-hydrogen) atoms. The fourth-order valence-electron chi connectivity index (χ4n) is 2.31. The minimum absolute atomic E-state index is 0.268. The maximum Gasteiger partial charge on any atom is 0.293 e. The highest BCUT2D eigenvalue weighted by Crippen LogP contribution is 2.18. The molecule has 0 spiro atoms. The predicted molar refractivity (Wildman–Crippen MR) is 79.3 cm³/mol. The fourth-order valence-corrected chi connectivity index (χ4v) is 2.56. The summed E-state index contributed by atoms with van der Waals surface area (Å²) in [4.78, 5) is 13.9. The van der Waals surface area contributed by atoms with Gasteiger partial charge in [0.15, 0.2) is 10.9 Å². The number of thiocarbonyl (C=S) groups is 1. The Morgan fingerprint density at radius 2 is 2.00 bits per heavy atom. The van der Waals surface area contributed by atoms with E-state index in [9.17, 15) is 4.79 Å². The number of amides is 1. The van der Waals surface area contributed by atoms with Gasteiger partial charge in [-0.1, -0.05) is 24.3 Å². The van der Waals surface area contributed by atoms with Crippen molar-refractivity contribution in [3.05, 3.63) is 59.5 Å². The third-order valence-corrected chi connectivity index (χ3v) is 3.74. The number of carbonyl (C=O) groups is 1. The van der Waals surface area contributed by atoms with Gasteiger partial charge in [-0.15, -0.1) is 0 Å². The molecule has 0 fully saturated rings. The van der Waals surface area contributed by atoms with E-state index in [1.165, 1.54) is 17.4 Å². The minimum atomic E-state index is -0.307. The average Bonchev–Trinajstić information content (AvgIpc) is 3.01. The summed E-state index contributed by atoms with van der Waals surface area (Å²) >= 11 is 5.31. The van der Waals surface area contributed by atoms with Crippen molar-refractivity contribution >= 4 is 23.2 Å². The van der Waals surface area contributed by atoms with E-state index in [0.29, 0.717) is 5.11 Å². The van der Waals surface area contributed by atoms with Gasteiger partial charge in [0, 0.05) is 13.1 Å². The van der Waals surface area contributed by atoms with Crippen LogP contribution in [0.15, 0.2) is 47.1 Å². The van der Waals surface area contributed by atoms with Gasteiger partial charge in [-0.25, -0.2) is 0 Å². The predicted octanol–water partition coefficient (Wildman–Crippen LogP) is 2.35. The van der Waals surface area contributed by atoms with Crippen LogP contribution in [0.4, 0.5) is 0 Å². The summed E-state index contributed by atoms with van der Waals surface area (Å²) in [5.41, 5.74) is 2.61. The summed E-state index contributed by atoms with van der Waals surface area (Å²) in [5.74, 6) is -0.0383. The second-order valence-electron chi connectivity index (χ2n) is 4.68. The molecular formula is C15H14N2O2S. The number of hydrogen-bond acceptors (Lipinski definition) is 3. The Morgan fingerprint density at radius 1 is 1.20 bits per heavy atom. The highest BCUT2D eigenvalue weighted by molar-refractivity contribution is 7.80. The van der Waals surface area contributed by atoms with Crippen molar-refractivity contribution in [2.45, 2.75) is 13.0 Å². The molecule has 1 aliphatic heterocycles. The Bertz CT molecular complexity index is 637. The van der Waals surface area contributed by atoms with Gasteiger partial charge in [-0.05, 0) is 41.9 Å². The van der Waals surface area contributed by atoms with Crippen LogP contribution in [0, 0.1) is 0 Å². The van der Waals surface area contributed by atoms with Crippen LogP contribution in [0.1, 0.15) is 21.7 Å². The number of fused-ring (bicyclic) bond motifs is 1. The molecule has 1 N–H and O–H groups in total. The maximum atomic E-state index is 11.9. The first kappa shape index (κ1) is 12.9. The van der Waals surface area contributed by atoms with Crippen LogP contribution in [-0.2, 0) is 13.0 Å². The minimum Gasteiger partial charge on any atom is -0.459 e. The first-order valence-corrected chi connectivity index (χ1v) is 6.85. The number of nitrogens with one attached hydrogen (secondary N) is 1. The van der Waals surface area contributed by atoms with Gasteiger partial charge in [-0.2, -0.15) is 0 Å². The molecule has 0 atom stereocenters. The van der Waals surface area contributed by atoms with E-state index in [1.807, 2.05) is 17.0 Å². The van der Waals surface area contributed by atoms with E-state index in [1.54, 1.807) is 12.1 Å². The zero-order valence-corrected chi connectivity index (χ0v) is 11.7. The molecule has 1 amide bonds. The lowest BCUT2D eigenvalue weighted by Gasteiger charge is -2.30. The quantitative estimate of drug-likeness (QED) is 0.817. The van der Waals surface area contributed by atoms with Crippen LogP contribution < -0.4 is 5.32 Å². The SMILES string of the molecule is O=C(NC(=S)N1CCc2ccccc2C1)c1ccco1. The summed E-state index contributed by atoms with van der Waals surface area (Å²) in [6, 6.07) is 11.6. The second kappa shape index (κ2) is 5.46. The monoisotopic (exact) mass is 286 g/mol. The standard InChI is InChI=1S/C15H14N2O2S/c18-14(13-6-3-9-19-13)16-15(20)17-8-7-11-4-1-2-5-12(11)10-17/h1-6,9H,7-8,10H2,(H,16,18,20). The molecule has 0 saturated heterocycles. The van der Waals surface area contributed by atoms with E-state index in [2.05, 4.69) is 17.4 Å². The smallest absolute Gasteiger partial charge is 0.293 e. The topological polar surface area (TPSA) is 45.5 Å². The van der Waals surface area contributed by atoms with Crippen molar-refractivity contribution in [2.75, 3.05) is 6.54 Å². The van der Waals surface area contributed by atoms with E-state index < -0.39 is 0 Å². The van der Waals surface area contributed by atoms with E-state index in [-0.39, 0.29) is 11.7 Å². The molecule has 2 aromatic rings. The van der Waals surface area contributed by atoms with Crippen molar-refractivity contribution in [1.82, 2.24) is 10.2 Å². The van der Waals surface area contributed by atoms with Crippen LogP contribution >= 0.6 is 12.2 Å². The largest absolute Gasteiger partial charge is 0.459 e. The number of hydrogen-bond donors (Lipinski definition) is 1. The van der Waals surface area contributed by atoms with Gasteiger partial charge in [0.25, 0.3) is 5.91 Å². The molecule has 1 aliphatic rings. The van der Waals surface area contributed by atoms with Gasteiger partial charge in [0.2, 0.25) is 0 Å². The summed E-state index contributed by atoms with van der Waals surface area (Å²) in [6.45, 7) is 1.54. The van der Waals surface area contributed by atoms with Crippen molar-refractivity contribution in [2.24, 2.45) is 0 Å². The van der Waals surface area contributed by atoms with Crippen molar-refractivity contribution in [1.29, 1.82) is 0 Å². The Hall–Kier alpha value is -2.14. The van der Waals surface area contributed by atoms with E-state index in [4.69, 9.17) is 16.6 Å². The Balaban J connectivity index is 1.66. The molecule has 0 aliphatic carbocycles. The molecule has 0 radical (unpaired) electrons. The molecule has 1 aromatic heterocycles. The van der Waals surface area contributed by atoms with Crippen LogP contribution in [0.25, 0.3) is 0 Å². The van der Waals surface area contributed by atoms with Crippen LogP contribution in [-0.4, -0.2) is 22.5 Å². The number of benzene rings is 1. The Morgan fingerprint density at radius 3 is 2.75 bits per heavy atom. The summed E-state index contributed by atoms with van der Waals surface area (Å²) < 4.78 is 5.05. The lowest BCUT2D eigenvalue weighted by Crippen LogP contribution is -2.44. The van der Waals surface area contributed by atoms with Gasteiger partial charge < -0.3 is 9.32 Å². The normalized spacial score (nSPS) is 13.7. The first-order chi connectivity index (χ1) is 9.74. The first-order valence-electron chi connectivity index (χ1n) is 6.44. The number of carbonyl (C=O) groups excluding carboxylic acids is 1. The molecule has 0 unspecified atom stereocenters. The molecule has 5 heteroatoms. The maximum absolute atomic E-state index is 11.9. The highest BCUT2D eigenvalue weighted by atomic mass is 32.1. The zero-order chi connectivity index (χ0) is 13.9. The molecule has 2 heterocycles. The summed E-state index contributed by atoms with van der Waals surface area (Å²) in [7, 11) is 0. The van der Waals surface area contributed by atoms with E-state index >= 15 is 0 Å².